The van der Waals surface area contributed by atoms with Crippen LogP contribution in [-0.4, -0.2) is 11.6 Å². The Morgan fingerprint density at radius 2 is 1.17 bits per heavy atom. The molecule has 0 amide bonds. The van der Waals surface area contributed by atoms with E-state index in [0.717, 1.165) is 32.1 Å². The highest BCUT2D eigenvalue weighted by molar-refractivity contribution is 6.03. The normalized spacial score (nSPS) is 15.2. The highest BCUT2D eigenvalue weighted by atomic mass is 16.2. The molecule has 0 bridgehead atoms. The predicted octanol–water partition coefficient (Wildman–Crippen LogP) is 4.56. The van der Waals surface area contributed by atoms with Crippen LogP contribution in [0.4, 0.5) is 0 Å². The summed E-state index contributed by atoms with van der Waals surface area (Å²) in [6.45, 7) is 12.2. The number of ketones is 2. The predicted molar refractivity (Wildman–Crippen MR) is 76.6 cm³/mol. The molecule has 0 aromatic carbocycles. The third kappa shape index (κ3) is 3.93. The van der Waals surface area contributed by atoms with E-state index in [1.807, 2.05) is 34.6 Å². The molecule has 2 heteroatoms. The van der Waals surface area contributed by atoms with Crippen molar-refractivity contribution in [1.29, 1.82) is 0 Å². The Hall–Kier alpha value is -0.660. The van der Waals surface area contributed by atoms with Gasteiger partial charge < -0.3 is 0 Å². The summed E-state index contributed by atoms with van der Waals surface area (Å²) in [5.74, 6) is 0.248. The molecule has 1 atom stereocenters. The molecule has 0 aliphatic carbocycles. The minimum atomic E-state index is -0.323. The minimum Gasteiger partial charge on any atom is -0.299 e. The van der Waals surface area contributed by atoms with E-state index < -0.39 is 0 Å². The lowest BCUT2D eigenvalue weighted by molar-refractivity contribution is -0.137. The fraction of sp³-hybridized carbons (Fsp3) is 0.875. The van der Waals surface area contributed by atoms with Crippen LogP contribution in [0.25, 0.3) is 0 Å². The quantitative estimate of drug-likeness (QED) is 0.565. The highest BCUT2D eigenvalue weighted by Crippen LogP contribution is 2.33. The van der Waals surface area contributed by atoms with Gasteiger partial charge in [-0.2, -0.15) is 0 Å². The third-order valence-electron chi connectivity index (χ3n) is 4.81. The molecular weight excluding hydrogens is 224 g/mol. The first kappa shape index (κ1) is 17.3. The van der Waals surface area contributed by atoms with Gasteiger partial charge in [-0.05, 0) is 25.7 Å². The molecule has 0 radical (unpaired) electrons. The van der Waals surface area contributed by atoms with E-state index in [9.17, 15) is 9.59 Å². The zero-order chi connectivity index (χ0) is 14.4. The van der Waals surface area contributed by atoms with Gasteiger partial charge in [0.1, 0.15) is 11.6 Å². The van der Waals surface area contributed by atoms with Gasteiger partial charge in [0.15, 0.2) is 0 Å². The molecule has 0 rings (SSSR count). The average Bonchev–Trinajstić information content (AvgIpc) is 2.37. The SMILES string of the molecule is CCCC(C)(CC)C(=O)CC(=O)C(C)(CC)CC. The molecule has 2 nitrogen and oxygen atoms in total. The molecule has 106 valence electrons. The van der Waals surface area contributed by atoms with Crippen molar-refractivity contribution in [2.75, 3.05) is 0 Å². The van der Waals surface area contributed by atoms with Crippen molar-refractivity contribution >= 4 is 11.6 Å². The van der Waals surface area contributed by atoms with Crippen molar-refractivity contribution in [3.05, 3.63) is 0 Å². The summed E-state index contributed by atoms with van der Waals surface area (Å²) >= 11 is 0. The monoisotopic (exact) mass is 254 g/mol. The second kappa shape index (κ2) is 7.06. The van der Waals surface area contributed by atoms with Crippen LogP contribution in [0.3, 0.4) is 0 Å². The van der Waals surface area contributed by atoms with Gasteiger partial charge in [-0.1, -0.05) is 48.0 Å². The topological polar surface area (TPSA) is 34.1 Å². The Bertz CT molecular complexity index is 289. The molecule has 0 aromatic heterocycles. The lowest BCUT2D eigenvalue weighted by atomic mass is 9.73. The van der Waals surface area contributed by atoms with Crippen molar-refractivity contribution in [3.63, 3.8) is 0 Å². The molecule has 0 aromatic rings. The summed E-state index contributed by atoms with van der Waals surface area (Å²) in [7, 11) is 0. The standard InChI is InChI=1S/C16H30O2/c1-7-11-16(6,10-4)14(18)12-13(17)15(5,8-2)9-3/h7-12H2,1-6H3. The fourth-order valence-electron chi connectivity index (χ4n) is 2.28. The molecule has 1 unspecified atom stereocenters. The number of carbonyl (C=O) groups excluding carboxylic acids is 2. The van der Waals surface area contributed by atoms with E-state index in [4.69, 9.17) is 0 Å². The van der Waals surface area contributed by atoms with E-state index in [-0.39, 0.29) is 28.8 Å². The maximum absolute atomic E-state index is 12.4. The van der Waals surface area contributed by atoms with Crippen LogP contribution in [-0.2, 0) is 9.59 Å². The summed E-state index contributed by atoms with van der Waals surface area (Å²) in [5.41, 5.74) is -0.636. The summed E-state index contributed by atoms with van der Waals surface area (Å²) in [6.07, 6.45) is 4.43. The maximum atomic E-state index is 12.4. The van der Waals surface area contributed by atoms with Gasteiger partial charge in [-0.15, -0.1) is 0 Å². The third-order valence-corrected chi connectivity index (χ3v) is 4.81. The van der Waals surface area contributed by atoms with E-state index in [2.05, 4.69) is 6.92 Å². The molecular formula is C16H30O2. The smallest absolute Gasteiger partial charge is 0.146 e. The first-order valence-corrected chi connectivity index (χ1v) is 7.36. The van der Waals surface area contributed by atoms with Crippen LogP contribution in [0.2, 0.25) is 0 Å². The van der Waals surface area contributed by atoms with Crippen LogP contribution in [0.1, 0.15) is 80.1 Å². The second-order valence-corrected chi connectivity index (χ2v) is 5.96. The van der Waals surface area contributed by atoms with Gasteiger partial charge in [0.25, 0.3) is 0 Å². The lowest BCUT2D eigenvalue weighted by Crippen LogP contribution is -2.34. The highest BCUT2D eigenvalue weighted by Gasteiger charge is 2.36. The van der Waals surface area contributed by atoms with Gasteiger partial charge in [-0.3, -0.25) is 9.59 Å². The summed E-state index contributed by atoms with van der Waals surface area (Å²) in [6, 6.07) is 0. The number of Topliss-reactive ketones (excluding diaryl/α,β-unsaturated/α-hetero) is 2. The molecule has 0 saturated carbocycles. The number of rotatable bonds is 9. The van der Waals surface area contributed by atoms with Crippen molar-refractivity contribution in [2.24, 2.45) is 10.8 Å². The molecule has 0 saturated heterocycles. The Kier molecular flexibility index (Phi) is 6.80. The van der Waals surface area contributed by atoms with E-state index in [1.54, 1.807) is 0 Å². The Morgan fingerprint density at radius 3 is 1.50 bits per heavy atom. The van der Waals surface area contributed by atoms with Crippen LogP contribution in [0.15, 0.2) is 0 Å². The fourth-order valence-corrected chi connectivity index (χ4v) is 2.28. The largest absolute Gasteiger partial charge is 0.299 e. The second-order valence-electron chi connectivity index (χ2n) is 5.96. The molecule has 0 N–H and O–H groups in total. The van der Waals surface area contributed by atoms with Crippen molar-refractivity contribution < 1.29 is 9.59 Å². The van der Waals surface area contributed by atoms with Gasteiger partial charge >= 0.3 is 0 Å². The van der Waals surface area contributed by atoms with Gasteiger partial charge in [0, 0.05) is 10.8 Å². The van der Waals surface area contributed by atoms with E-state index in [0.29, 0.717) is 0 Å². The number of carbonyl (C=O) groups is 2. The van der Waals surface area contributed by atoms with Crippen LogP contribution < -0.4 is 0 Å². The number of hydrogen-bond acceptors (Lipinski definition) is 2. The van der Waals surface area contributed by atoms with Crippen LogP contribution >= 0.6 is 0 Å². The molecule has 0 spiro atoms. The molecule has 0 aliphatic rings. The van der Waals surface area contributed by atoms with Crippen molar-refractivity contribution in [1.82, 2.24) is 0 Å². The Labute approximate surface area is 113 Å². The van der Waals surface area contributed by atoms with E-state index in [1.165, 1.54) is 0 Å². The lowest BCUT2D eigenvalue weighted by Gasteiger charge is -2.29. The van der Waals surface area contributed by atoms with Gasteiger partial charge in [-0.25, -0.2) is 0 Å². The average molecular weight is 254 g/mol. The van der Waals surface area contributed by atoms with E-state index >= 15 is 0 Å². The zero-order valence-electron chi connectivity index (χ0n) is 13.1. The molecule has 0 fully saturated rings. The first-order chi connectivity index (χ1) is 8.29. The Balaban J connectivity index is 4.80. The maximum Gasteiger partial charge on any atom is 0.146 e. The number of hydrogen-bond donors (Lipinski definition) is 0. The van der Waals surface area contributed by atoms with Crippen LogP contribution in [0.5, 0.6) is 0 Å². The minimum absolute atomic E-state index is 0.114. The summed E-state index contributed by atoms with van der Waals surface area (Å²) < 4.78 is 0. The summed E-state index contributed by atoms with van der Waals surface area (Å²) in [5, 5.41) is 0. The molecule has 0 aliphatic heterocycles. The molecule has 0 heterocycles. The summed E-state index contributed by atoms with van der Waals surface area (Å²) in [4.78, 5) is 24.6. The first-order valence-electron chi connectivity index (χ1n) is 7.36. The molecule has 18 heavy (non-hydrogen) atoms. The van der Waals surface area contributed by atoms with Gasteiger partial charge in [0.05, 0.1) is 6.42 Å². The zero-order valence-corrected chi connectivity index (χ0v) is 13.1. The van der Waals surface area contributed by atoms with Crippen molar-refractivity contribution in [2.45, 2.75) is 80.1 Å². The Morgan fingerprint density at radius 1 is 0.778 bits per heavy atom. The van der Waals surface area contributed by atoms with Crippen LogP contribution in [0, 0.1) is 10.8 Å². The van der Waals surface area contributed by atoms with Gasteiger partial charge in [0.2, 0.25) is 0 Å². The van der Waals surface area contributed by atoms with Crippen molar-refractivity contribution in [3.8, 4) is 0 Å².